The molecule has 0 atom stereocenters. The van der Waals surface area contributed by atoms with Crippen molar-refractivity contribution >= 4 is 35.2 Å². The van der Waals surface area contributed by atoms with E-state index in [1.54, 1.807) is 11.0 Å². The van der Waals surface area contributed by atoms with E-state index in [1.807, 2.05) is 25.6 Å². The van der Waals surface area contributed by atoms with Gasteiger partial charge in [-0.25, -0.2) is 18.6 Å². The number of ether oxygens (including phenoxy) is 1. The van der Waals surface area contributed by atoms with Crippen LogP contribution in [0.4, 0.5) is 25.1 Å². The minimum Gasteiger partial charge on any atom is -0.454 e. The Bertz CT molecular complexity index is 1940. The monoisotopic (exact) mass is 686 g/mol. The van der Waals surface area contributed by atoms with E-state index in [1.165, 1.54) is 71.1 Å². The molecule has 6 rings (SSSR count). The SMILES string of the molecule is CN(C)CC1CCN(C(=O)Nc2cc(Oc3ccc(NC(=O)c4cc5c(n(-c6ccc(F)cc6)c4=O)SC=CCC5)cc3F)ccn2)CC1. The van der Waals surface area contributed by atoms with Gasteiger partial charge in [0.05, 0.1) is 5.03 Å². The summed E-state index contributed by atoms with van der Waals surface area (Å²) < 4.78 is 36.1. The van der Waals surface area contributed by atoms with Crippen LogP contribution in [0.15, 0.2) is 88.2 Å². The average Bonchev–Trinajstić information content (AvgIpc) is 3.32. The molecule has 4 aromatic rings. The first-order valence-electron chi connectivity index (χ1n) is 16.0. The summed E-state index contributed by atoms with van der Waals surface area (Å²) >= 11 is 1.35. The van der Waals surface area contributed by atoms with Crippen molar-refractivity contribution in [2.45, 2.75) is 30.7 Å². The minimum absolute atomic E-state index is 0.113. The molecule has 1 fully saturated rings. The quantitative estimate of drug-likeness (QED) is 0.207. The van der Waals surface area contributed by atoms with Crippen molar-refractivity contribution in [2.24, 2.45) is 5.92 Å². The third kappa shape index (κ3) is 8.18. The van der Waals surface area contributed by atoms with Gasteiger partial charge >= 0.3 is 6.03 Å². The van der Waals surface area contributed by atoms with Crippen molar-refractivity contribution < 1.29 is 23.1 Å². The lowest BCUT2D eigenvalue weighted by molar-refractivity contribution is 0.102. The third-order valence-electron chi connectivity index (χ3n) is 8.32. The maximum Gasteiger partial charge on any atom is 0.323 e. The zero-order valence-electron chi connectivity index (χ0n) is 27.1. The first kappa shape index (κ1) is 33.9. The molecule has 0 unspecified atom stereocenters. The van der Waals surface area contributed by atoms with Gasteiger partial charge in [-0.2, -0.15) is 0 Å². The molecule has 0 bridgehead atoms. The number of urea groups is 1. The van der Waals surface area contributed by atoms with Gasteiger partial charge in [0.1, 0.15) is 22.9 Å². The first-order chi connectivity index (χ1) is 23.6. The second-order valence-corrected chi connectivity index (χ2v) is 13.1. The van der Waals surface area contributed by atoms with Crippen molar-refractivity contribution in [2.75, 3.05) is 44.4 Å². The Morgan fingerprint density at radius 1 is 1.02 bits per heavy atom. The Hall–Kier alpha value is -5.01. The lowest BCUT2D eigenvalue weighted by Crippen LogP contribution is -2.42. The second kappa shape index (κ2) is 15.0. The fraction of sp³-hybridized carbons (Fsp3) is 0.278. The van der Waals surface area contributed by atoms with Crippen molar-refractivity contribution in [3.8, 4) is 17.2 Å². The van der Waals surface area contributed by atoms with Crippen LogP contribution in [0, 0.1) is 17.6 Å². The highest BCUT2D eigenvalue weighted by molar-refractivity contribution is 8.02. The summed E-state index contributed by atoms with van der Waals surface area (Å²) in [4.78, 5) is 48.1. The molecular formula is C36H36F2N6O4S. The number of thioether (sulfide) groups is 1. The summed E-state index contributed by atoms with van der Waals surface area (Å²) in [5, 5.41) is 7.95. The first-order valence-corrected chi connectivity index (χ1v) is 16.8. The molecule has 4 heterocycles. The molecule has 1 saturated heterocycles. The molecule has 0 saturated carbocycles. The average molecular weight is 687 g/mol. The smallest absolute Gasteiger partial charge is 0.323 e. The number of carbonyl (C=O) groups excluding carboxylic acids is 2. The Morgan fingerprint density at radius 2 is 1.80 bits per heavy atom. The number of hydrogen-bond acceptors (Lipinski definition) is 7. The van der Waals surface area contributed by atoms with Gasteiger partial charge in [0.25, 0.3) is 11.5 Å². The number of hydrogen-bond donors (Lipinski definition) is 2. The van der Waals surface area contributed by atoms with Crippen molar-refractivity contribution in [1.82, 2.24) is 19.4 Å². The number of fused-ring (bicyclic) bond motifs is 1. The number of likely N-dealkylation sites (tertiary alicyclic amines) is 1. The molecule has 2 aromatic heterocycles. The molecular weight excluding hydrogens is 650 g/mol. The van der Waals surface area contributed by atoms with Gasteiger partial charge in [-0.3, -0.25) is 19.5 Å². The van der Waals surface area contributed by atoms with Gasteiger partial charge < -0.3 is 19.9 Å². The summed E-state index contributed by atoms with van der Waals surface area (Å²) in [7, 11) is 4.09. The molecule has 13 heteroatoms. The van der Waals surface area contributed by atoms with E-state index in [-0.39, 0.29) is 34.6 Å². The van der Waals surface area contributed by atoms with Crippen LogP contribution in [0.2, 0.25) is 0 Å². The summed E-state index contributed by atoms with van der Waals surface area (Å²) in [5.41, 5.74) is 0.616. The highest BCUT2D eigenvalue weighted by Gasteiger charge is 2.24. The number of aromatic nitrogens is 2. The van der Waals surface area contributed by atoms with Crippen molar-refractivity contribution in [3.63, 3.8) is 0 Å². The maximum atomic E-state index is 15.2. The van der Waals surface area contributed by atoms with Gasteiger partial charge in [-0.15, -0.1) is 0 Å². The molecule has 0 radical (unpaired) electrons. The summed E-state index contributed by atoms with van der Waals surface area (Å²) in [5.74, 6) is -0.955. The highest BCUT2D eigenvalue weighted by atomic mass is 32.2. The Balaban J connectivity index is 1.13. The minimum atomic E-state index is -0.756. The number of nitrogens with zero attached hydrogens (tertiary/aromatic N) is 4. The van der Waals surface area contributed by atoms with Gasteiger partial charge in [0, 0.05) is 49.3 Å². The van der Waals surface area contributed by atoms with E-state index in [9.17, 15) is 18.8 Å². The number of aryl methyl sites for hydroxylation is 1. The molecule has 10 nitrogen and oxygen atoms in total. The van der Waals surface area contributed by atoms with E-state index in [2.05, 4.69) is 20.5 Å². The molecule has 49 heavy (non-hydrogen) atoms. The molecule has 2 N–H and O–H groups in total. The number of halogens is 2. The number of anilines is 2. The van der Waals surface area contributed by atoms with Gasteiger partial charge in [0.2, 0.25) is 0 Å². The molecule has 2 aromatic carbocycles. The van der Waals surface area contributed by atoms with Gasteiger partial charge in [-0.1, -0.05) is 17.8 Å². The van der Waals surface area contributed by atoms with Crippen LogP contribution in [0.5, 0.6) is 11.5 Å². The number of amides is 3. The van der Waals surface area contributed by atoms with E-state index in [4.69, 9.17) is 4.74 Å². The number of pyridine rings is 2. The summed E-state index contributed by atoms with van der Waals surface area (Å²) in [6.07, 6.45) is 6.60. The van der Waals surface area contributed by atoms with Crippen molar-refractivity contribution in [3.05, 3.63) is 111 Å². The lowest BCUT2D eigenvalue weighted by Gasteiger charge is -2.33. The van der Waals surface area contributed by atoms with Crippen LogP contribution in [-0.2, 0) is 6.42 Å². The molecule has 0 spiro atoms. The summed E-state index contributed by atoms with van der Waals surface area (Å²) in [6.45, 7) is 2.30. The Labute approximate surface area is 286 Å². The Morgan fingerprint density at radius 3 is 2.53 bits per heavy atom. The van der Waals surface area contributed by atoms with E-state index in [0.29, 0.717) is 36.1 Å². The third-order valence-corrected chi connectivity index (χ3v) is 9.32. The van der Waals surface area contributed by atoms with Gasteiger partial charge in [-0.05, 0) is 105 Å². The fourth-order valence-corrected chi connectivity index (χ4v) is 6.89. The second-order valence-electron chi connectivity index (χ2n) is 12.2. The zero-order valence-corrected chi connectivity index (χ0v) is 27.9. The van der Waals surface area contributed by atoms with Gasteiger partial charge in [0.15, 0.2) is 11.6 Å². The van der Waals surface area contributed by atoms with Crippen LogP contribution < -0.4 is 20.9 Å². The lowest BCUT2D eigenvalue weighted by atomic mass is 9.97. The largest absolute Gasteiger partial charge is 0.454 e. The molecule has 2 aliphatic rings. The van der Waals surface area contributed by atoms with Crippen LogP contribution in [0.25, 0.3) is 5.69 Å². The fourth-order valence-electron chi connectivity index (χ4n) is 5.92. The van der Waals surface area contributed by atoms with Crippen LogP contribution in [-0.4, -0.2) is 65.0 Å². The normalized spacial score (nSPS) is 14.7. The van der Waals surface area contributed by atoms with E-state index < -0.39 is 23.1 Å². The van der Waals surface area contributed by atoms with Crippen LogP contribution in [0.1, 0.15) is 35.2 Å². The van der Waals surface area contributed by atoms with E-state index >= 15 is 4.39 Å². The van der Waals surface area contributed by atoms with Crippen LogP contribution >= 0.6 is 11.8 Å². The number of benzene rings is 2. The Kier molecular flexibility index (Phi) is 10.4. The predicted molar refractivity (Wildman–Crippen MR) is 186 cm³/mol. The van der Waals surface area contributed by atoms with Crippen LogP contribution in [0.3, 0.4) is 0 Å². The highest BCUT2D eigenvalue weighted by Crippen LogP contribution is 2.31. The molecule has 3 amide bonds. The number of nitrogens with one attached hydrogen (secondary N) is 2. The number of piperidine rings is 1. The zero-order chi connectivity index (χ0) is 34.5. The number of rotatable bonds is 8. The molecule has 254 valence electrons. The molecule has 0 aliphatic carbocycles. The van der Waals surface area contributed by atoms with E-state index in [0.717, 1.165) is 37.4 Å². The molecule has 2 aliphatic heterocycles. The number of allylic oxidation sites excluding steroid dienone is 1. The maximum absolute atomic E-state index is 15.2. The topological polar surface area (TPSA) is 109 Å². The predicted octanol–water partition coefficient (Wildman–Crippen LogP) is 6.91. The standard InChI is InChI=1S/C36H36F2N6O4S/c1-42(2)22-23-13-16-43(17-14-23)36(47)41-32-21-28(12-15-39-32)48-31-11-8-26(20-30(31)38)40-33(45)29-19-24-5-3-4-18-49-35(24)44(34(29)46)27-9-6-25(37)7-10-27/h4,6-12,15,18-21,23H,3,5,13-14,16-17,22H2,1-2H3,(H,40,45)(H,39,41,47). The van der Waals surface area contributed by atoms with Crippen molar-refractivity contribution in [1.29, 1.82) is 0 Å². The number of carbonyl (C=O) groups is 2. The summed E-state index contributed by atoms with van der Waals surface area (Å²) in [6, 6.07) is 13.7.